The molecule has 0 unspecified atom stereocenters. The second kappa shape index (κ2) is 6.38. The van der Waals surface area contributed by atoms with Crippen LogP contribution in [-0.4, -0.2) is 31.8 Å². The molecule has 1 saturated carbocycles. The van der Waals surface area contributed by atoms with Crippen molar-refractivity contribution in [3.63, 3.8) is 0 Å². The van der Waals surface area contributed by atoms with Gasteiger partial charge in [-0.1, -0.05) is 13.8 Å². The third-order valence-corrected chi connectivity index (χ3v) is 2.52. The lowest BCUT2D eigenvalue weighted by molar-refractivity contribution is 0.106. The lowest BCUT2D eigenvalue weighted by Gasteiger charge is -2.33. The summed E-state index contributed by atoms with van der Waals surface area (Å²) in [7, 11) is 0. The molecule has 0 aromatic rings. The predicted octanol–water partition coefficient (Wildman–Crippen LogP) is 1.13. The molecule has 0 amide bonds. The molecule has 0 aromatic heterocycles. The average Bonchev–Trinajstić information content (AvgIpc) is 2.07. The summed E-state index contributed by atoms with van der Waals surface area (Å²) in [6.45, 7) is 7.18. The van der Waals surface area contributed by atoms with Gasteiger partial charge < -0.3 is 15.8 Å². The van der Waals surface area contributed by atoms with Gasteiger partial charge in [-0.2, -0.15) is 0 Å². The minimum absolute atomic E-state index is 0.449. The summed E-state index contributed by atoms with van der Waals surface area (Å²) in [5.74, 6) is 0.646. The minimum atomic E-state index is 0.449. The highest BCUT2D eigenvalue weighted by Crippen LogP contribution is 2.16. The van der Waals surface area contributed by atoms with Crippen molar-refractivity contribution < 1.29 is 4.74 Å². The Kier molecular flexibility index (Phi) is 5.45. The van der Waals surface area contributed by atoms with Crippen LogP contribution in [0, 0.1) is 5.92 Å². The van der Waals surface area contributed by atoms with Gasteiger partial charge in [-0.05, 0) is 31.7 Å². The van der Waals surface area contributed by atoms with Crippen LogP contribution in [0.4, 0.5) is 0 Å². The van der Waals surface area contributed by atoms with Gasteiger partial charge in [-0.25, -0.2) is 0 Å². The van der Waals surface area contributed by atoms with E-state index >= 15 is 0 Å². The first-order valence-electron chi connectivity index (χ1n) is 5.75. The van der Waals surface area contributed by atoms with Gasteiger partial charge in [0.15, 0.2) is 0 Å². The molecule has 0 heterocycles. The maximum absolute atomic E-state index is 5.69. The van der Waals surface area contributed by atoms with Gasteiger partial charge in [0.05, 0.1) is 0 Å². The maximum Gasteiger partial charge on any atom is 0.0489 e. The lowest BCUT2D eigenvalue weighted by atomic mass is 9.88. The van der Waals surface area contributed by atoms with E-state index < -0.39 is 0 Å². The Balaban J connectivity index is 1.76. The molecule has 1 aliphatic rings. The van der Waals surface area contributed by atoms with E-state index in [1.165, 1.54) is 0 Å². The second-order valence-corrected chi connectivity index (χ2v) is 4.70. The number of nitrogens with one attached hydrogen (secondary N) is 1. The molecule has 14 heavy (non-hydrogen) atoms. The fraction of sp³-hybridized carbons (Fsp3) is 1.00. The summed E-state index contributed by atoms with van der Waals surface area (Å²) in [4.78, 5) is 0. The molecule has 1 aliphatic carbocycles. The van der Waals surface area contributed by atoms with Crippen molar-refractivity contribution in [2.45, 2.75) is 45.2 Å². The van der Waals surface area contributed by atoms with Crippen LogP contribution in [0.1, 0.15) is 33.1 Å². The average molecular weight is 200 g/mol. The van der Waals surface area contributed by atoms with Gasteiger partial charge in [0, 0.05) is 25.3 Å². The highest BCUT2D eigenvalue weighted by molar-refractivity contribution is 4.87. The van der Waals surface area contributed by atoms with Crippen molar-refractivity contribution in [1.29, 1.82) is 0 Å². The summed E-state index contributed by atoms with van der Waals surface area (Å²) in [5, 5.41) is 3.48. The zero-order valence-electron chi connectivity index (χ0n) is 9.46. The largest absolute Gasteiger partial charge is 0.381 e. The van der Waals surface area contributed by atoms with Crippen LogP contribution in [0.25, 0.3) is 0 Å². The van der Waals surface area contributed by atoms with Crippen LogP contribution in [0.5, 0.6) is 0 Å². The molecule has 0 aliphatic heterocycles. The first-order chi connectivity index (χ1) is 6.68. The quantitative estimate of drug-likeness (QED) is 0.606. The Labute approximate surface area is 87.4 Å². The number of hydrogen-bond donors (Lipinski definition) is 2. The van der Waals surface area contributed by atoms with Crippen LogP contribution in [0.2, 0.25) is 0 Å². The Hall–Kier alpha value is -0.120. The fourth-order valence-electron chi connectivity index (χ4n) is 1.63. The standard InChI is InChI=1S/C11H24N2O/c1-9(2)8-14-5-3-4-13-11-6-10(12)7-11/h9-11,13H,3-8,12H2,1-2H3. The summed E-state index contributed by atoms with van der Waals surface area (Å²) in [6, 6.07) is 1.12. The van der Waals surface area contributed by atoms with Crippen molar-refractivity contribution in [3.05, 3.63) is 0 Å². The van der Waals surface area contributed by atoms with Crippen LogP contribution < -0.4 is 11.1 Å². The molecular formula is C11H24N2O. The molecule has 0 spiro atoms. The van der Waals surface area contributed by atoms with E-state index in [-0.39, 0.29) is 0 Å². The van der Waals surface area contributed by atoms with Crippen molar-refractivity contribution in [3.8, 4) is 0 Å². The van der Waals surface area contributed by atoms with E-state index in [1.54, 1.807) is 0 Å². The number of rotatable bonds is 7. The number of ether oxygens (including phenoxy) is 1. The van der Waals surface area contributed by atoms with Crippen molar-refractivity contribution in [2.24, 2.45) is 11.7 Å². The smallest absolute Gasteiger partial charge is 0.0489 e. The first-order valence-corrected chi connectivity index (χ1v) is 5.75. The van der Waals surface area contributed by atoms with Crippen molar-refractivity contribution in [2.75, 3.05) is 19.8 Å². The molecule has 0 aromatic carbocycles. The normalized spacial score (nSPS) is 26.6. The molecule has 0 radical (unpaired) electrons. The Morgan fingerprint density at radius 3 is 2.71 bits per heavy atom. The number of hydrogen-bond acceptors (Lipinski definition) is 3. The lowest BCUT2D eigenvalue weighted by Crippen LogP contribution is -2.48. The topological polar surface area (TPSA) is 47.3 Å². The van der Waals surface area contributed by atoms with Crippen LogP contribution in [0.15, 0.2) is 0 Å². The summed E-state index contributed by atoms with van der Waals surface area (Å²) >= 11 is 0. The molecule has 0 atom stereocenters. The highest BCUT2D eigenvalue weighted by atomic mass is 16.5. The van der Waals surface area contributed by atoms with Gasteiger partial charge in [-0.3, -0.25) is 0 Å². The van der Waals surface area contributed by atoms with Gasteiger partial charge in [0.2, 0.25) is 0 Å². The molecule has 3 heteroatoms. The highest BCUT2D eigenvalue weighted by Gasteiger charge is 2.24. The van der Waals surface area contributed by atoms with E-state index in [0.29, 0.717) is 18.0 Å². The summed E-state index contributed by atoms with van der Waals surface area (Å²) in [5.41, 5.74) is 5.69. The van der Waals surface area contributed by atoms with Gasteiger partial charge in [0.1, 0.15) is 0 Å². The van der Waals surface area contributed by atoms with Crippen molar-refractivity contribution >= 4 is 0 Å². The molecule has 84 valence electrons. The van der Waals surface area contributed by atoms with Crippen molar-refractivity contribution in [1.82, 2.24) is 5.32 Å². The van der Waals surface area contributed by atoms with Gasteiger partial charge in [0.25, 0.3) is 0 Å². The Morgan fingerprint density at radius 2 is 2.14 bits per heavy atom. The molecule has 0 bridgehead atoms. The zero-order chi connectivity index (χ0) is 10.4. The minimum Gasteiger partial charge on any atom is -0.381 e. The summed E-state index contributed by atoms with van der Waals surface area (Å²) in [6.07, 6.45) is 3.40. The van der Waals surface area contributed by atoms with Crippen LogP contribution in [0.3, 0.4) is 0 Å². The Morgan fingerprint density at radius 1 is 1.43 bits per heavy atom. The molecule has 1 rings (SSSR count). The summed E-state index contributed by atoms with van der Waals surface area (Å²) < 4.78 is 5.48. The predicted molar refractivity (Wildman–Crippen MR) is 59.3 cm³/mol. The zero-order valence-corrected chi connectivity index (χ0v) is 9.46. The van der Waals surface area contributed by atoms with E-state index in [0.717, 1.165) is 39.0 Å². The van der Waals surface area contributed by atoms with E-state index in [9.17, 15) is 0 Å². The van der Waals surface area contributed by atoms with Gasteiger partial charge in [-0.15, -0.1) is 0 Å². The third kappa shape index (κ3) is 4.94. The first kappa shape index (κ1) is 12.0. The fourth-order valence-corrected chi connectivity index (χ4v) is 1.63. The maximum atomic E-state index is 5.69. The van der Waals surface area contributed by atoms with E-state index in [1.807, 2.05) is 0 Å². The van der Waals surface area contributed by atoms with Crippen LogP contribution >= 0.6 is 0 Å². The van der Waals surface area contributed by atoms with Gasteiger partial charge >= 0.3 is 0 Å². The molecule has 3 nitrogen and oxygen atoms in total. The number of nitrogens with two attached hydrogens (primary N) is 1. The van der Waals surface area contributed by atoms with E-state index in [2.05, 4.69) is 19.2 Å². The molecular weight excluding hydrogens is 176 g/mol. The van der Waals surface area contributed by atoms with E-state index in [4.69, 9.17) is 10.5 Å². The third-order valence-electron chi connectivity index (χ3n) is 2.52. The second-order valence-electron chi connectivity index (χ2n) is 4.70. The SMILES string of the molecule is CC(C)COCCCNC1CC(N)C1. The molecule has 3 N–H and O–H groups in total. The molecule has 0 saturated heterocycles. The molecule has 1 fully saturated rings. The Bertz CT molecular complexity index is 144. The van der Waals surface area contributed by atoms with Crippen LogP contribution in [-0.2, 0) is 4.74 Å². The monoisotopic (exact) mass is 200 g/mol.